The number of halogens is 1. The second kappa shape index (κ2) is 6.85. The summed E-state index contributed by atoms with van der Waals surface area (Å²) in [6.07, 6.45) is 1.13. The maximum atomic E-state index is 13.0. The van der Waals surface area contributed by atoms with Gasteiger partial charge in [0.05, 0.1) is 12.8 Å². The number of carbonyl (C=O) groups is 1. The van der Waals surface area contributed by atoms with Crippen molar-refractivity contribution >= 4 is 11.6 Å². The Bertz CT molecular complexity index is 383. The molecule has 0 saturated heterocycles. The quantitative estimate of drug-likeness (QED) is 0.745. The second-order valence-corrected chi connectivity index (χ2v) is 3.60. The van der Waals surface area contributed by atoms with Gasteiger partial charge in [0.1, 0.15) is 11.6 Å². The molecule has 0 atom stereocenters. The molecule has 0 aliphatic heterocycles. The minimum atomic E-state index is -0.406. The van der Waals surface area contributed by atoms with Crippen LogP contribution in [0, 0.1) is 5.82 Å². The second-order valence-electron chi connectivity index (χ2n) is 3.60. The van der Waals surface area contributed by atoms with Crippen LogP contribution in [-0.4, -0.2) is 26.6 Å². The molecule has 4 nitrogen and oxygen atoms in total. The van der Waals surface area contributed by atoms with Gasteiger partial charge >= 0.3 is 0 Å². The van der Waals surface area contributed by atoms with Crippen LogP contribution >= 0.6 is 0 Å². The molecular formula is C12H17FN2O2. The minimum Gasteiger partial charge on any atom is -0.495 e. The Morgan fingerprint density at radius 1 is 1.47 bits per heavy atom. The molecule has 1 rings (SSSR count). The number of nitrogens with one attached hydrogen (secondary N) is 2. The third kappa shape index (κ3) is 4.40. The van der Waals surface area contributed by atoms with Crippen LogP contribution in [0.1, 0.15) is 12.8 Å². The molecule has 0 fully saturated rings. The zero-order valence-corrected chi connectivity index (χ0v) is 10.0. The van der Waals surface area contributed by atoms with E-state index in [-0.39, 0.29) is 5.91 Å². The molecule has 17 heavy (non-hydrogen) atoms. The van der Waals surface area contributed by atoms with Crippen molar-refractivity contribution in [3.63, 3.8) is 0 Å². The third-order valence-corrected chi connectivity index (χ3v) is 2.27. The Morgan fingerprint density at radius 2 is 2.24 bits per heavy atom. The first-order valence-electron chi connectivity index (χ1n) is 5.45. The van der Waals surface area contributed by atoms with E-state index in [4.69, 9.17) is 4.74 Å². The smallest absolute Gasteiger partial charge is 0.224 e. The van der Waals surface area contributed by atoms with Crippen molar-refractivity contribution in [2.45, 2.75) is 12.8 Å². The van der Waals surface area contributed by atoms with Crippen molar-refractivity contribution in [3.8, 4) is 5.75 Å². The van der Waals surface area contributed by atoms with Crippen LogP contribution in [0.25, 0.3) is 0 Å². The Hall–Kier alpha value is -1.62. The van der Waals surface area contributed by atoms with Gasteiger partial charge in [-0.3, -0.25) is 4.79 Å². The Labute approximate surface area is 100 Å². The van der Waals surface area contributed by atoms with E-state index in [1.54, 1.807) is 0 Å². The lowest BCUT2D eigenvalue weighted by molar-refractivity contribution is -0.116. The average Bonchev–Trinajstić information content (AvgIpc) is 2.29. The van der Waals surface area contributed by atoms with Gasteiger partial charge in [-0.2, -0.15) is 0 Å². The van der Waals surface area contributed by atoms with Gasteiger partial charge in [-0.25, -0.2) is 4.39 Å². The highest BCUT2D eigenvalue weighted by Gasteiger charge is 2.08. The lowest BCUT2D eigenvalue weighted by Crippen LogP contribution is -2.15. The van der Waals surface area contributed by atoms with Crippen LogP contribution in [0.15, 0.2) is 18.2 Å². The van der Waals surface area contributed by atoms with E-state index >= 15 is 0 Å². The van der Waals surface area contributed by atoms with Crippen molar-refractivity contribution in [2.24, 2.45) is 0 Å². The van der Waals surface area contributed by atoms with Crippen LogP contribution in [0.5, 0.6) is 5.75 Å². The van der Waals surface area contributed by atoms with Gasteiger partial charge < -0.3 is 15.4 Å². The van der Waals surface area contributed by atoms with Crippen molar-refractivity contribution in [1.82, 2.24) is 5.32 Å². The number of hydrogen-bond donors (Lipinski definition) is 2. The highest BCUT2D eigenvalue weighted by molar-refractivity contribution is 5.92. The Balaban J connectivity index is 2.60. The largest absolute Gasteiger partial charge is 0.495 e. The summed E-state index contributed by atoms with van der Waals surface area (Å²) in [5.41, 5.74) is 0.363. The number of anilines is 1. The normalized spacial score (nSPS) is 10.1. The fourth-order valence-electron chi connectivity index (χ4n) is 1.42. The van der Waals surface area contributed by atoms with Gasteiger partial charge in [-0.15, -0.1) is 0 Å². The molecule has 0 spiro atoms. The van der Waals surface area contributed by atoms with Gasteiger partial charge in [0, 0.05) is 12.5 Å². The fourth-order valence-corrected chi connectivity index (χ4v) is 1.42. The molecule has 0 aromatic heterocycles. The molecule has 94 valence electrons. The van der Waals surface area contributed by atoms with Crippen molar-refractivity contribution in [3.05, 3.63) is 24.0 Å². The molecule has 1 amide bonds. The summed E-state index contributed by atoms with van der Waals surface area (Å²) in [6, 6.07) is 4.02. The van der Waals surface area contributed by atoms with E-state index in [2.05, 4.69) is 10.6 Å². The standard InChI is InChI=1S/C12H17FN2O2/c1-14-7-3-4-12(16)15-10-8-9(13)5-6-11(10)17-2/h5-6,8,14H,3-4,7H2,1-2H3,(H,15,16). The van der Waals surface area contributed by atoms with Crippen LogP contribution in [0.4, 0.5) is 10.1 Å². The van der Waals surface area contributed by atoms with Gasteiger partial charge in [0.2, 0.25) is 5.91 Å². The monoisotopic (exact) mass is 240 g/mol. The summed E-state index contributed by atoms with van der Waals surface area (Å²) >= 11 is 0. The number of benzene rings is 1. The molecule has 1 aromatic carbocycles. The van der Waals surface area contributed by atoms with E-state index in [1.165, 1.54) is 25.3 Å². The van der Waals surface area contributed by atoms with E-state index < -0.39 is 5.82 Å². The summed E-state index contributed by atoms with van der Waals surface area (Å²) in [5.74, 6) is -0.103. The van der Waals surface area contributed by atoms with Gasteiger partial charge in [-0.05, 0) is 32.1 Å². The molecule has 0 heterocycles. The van der Waals surface area contributed by atoms with Gasteiger partial charge in [0.15, 0.2) is 0 Å². The first kappa shape index (κ1) is 13.4. The van der Waals surface area contributed by atoms with E-state index in [9.17, 15) is 9.18 Å². The molecule has 0 bridgehead atoms. The molecule has 0 radical (unpaired) electrons. The highest BCUT2D eigenvalue weighted by Crippen LogP contribution is 2.24. The Morgan fingerprint density at radius 3 is 2.88 bits per heavy atom. The van der Waals surface area contributed by atoms with Crippen molar-refractivity contribution in [1.29, 1.82) is 0 Å². The first-order chi connectivity index (χ1) is 8.17. The Kier molecular flexibility index (Phi) is 5.42. The summed E-state index contributed by atoms with van der Waals surface area (Å²) in [6.45, 7) is 0.772. The van der Waals surface area contributed by atoms with Crippen molar-refractivity contribution < 1.29 is 13.9 Å². The predicted molar refractivity (Wildman–Crippen MR) is 64.7 cm³/mol. The molecule has 1 aromatic rings. The topological polar surface area (TPSA) is 50.4 Å². The van der Waals surface area contributed by atoms with Gasteiger partial charge in [0.25, 0.3) is 0 Å². The third-order valence-electron chi connectivity index (χ3n) is 2.27. The van der Waals surface area contributed by atoms with E-state index in [1.807, 2.05) is 7.05 Å². The number of carbonyl (C=O) groups excluding carboxylic acids is 1. The van der Waals surface area contributed by atoms with Crippen molar-refractivity contribution in [2.75, 3.05) is 26.0 Å². The molecule has 0 aliphatic carbocycles. The van der Waals surface area contributed by atoms with Crippen LogP contribution in [0.3, 0.4) is 0 Å². The predicted octanol–water partition coefficient (Wildman–Crippen LogP) is 1.77. The summed E-state index contributed by atoms with van der Waals surface area (Å²) in [7, 11) is 3.30. The SMILES string of the molecule is CNCCCC(=O)Nc1cc(F)ccc1OC. The molecule has 0 aliphatic rings. The maximum absolute atomic E-state index is 13.0. The first-order valence-corrected chi connectivity index (χ1v) is 5.45. The van der Waals surface area contributed by atoms with Crippen LogP contribution in [0.2, 0.25) is 0 Å². The average molecular weight is 240 g/mol. The lowest BCUT2D eigenvalue weighted by Gasteiger charge is -2.10. The molecule has 5 heteroatoms. The number of amides is 1. The minimum absolute atomic E-state index is 0.149. The number of methoxy groups -OCH3 is 1. The van der Waals surface area contributed by atoms with Crippen LogP contribution < -0.4 is 15.4 Å². The summed E-state index contributed by atoms with van der Waals surface area (Å²) in [4.78, 5) is 11.5. The molecule has 0 unspecified atom stereocenters. The number of rotatable bonds is 6. The summed E-state index contributed by atoms with van der Waals surface area (Å²) in [5, 5.41) is 5.58. The van der Waals surface area contributed by atoms with Crippen LogP contribution in [-0.2, 0) is 4.79 Å². The van der Waals surface area contributed by atoms with Gasteiger partial charge in [-0.1, -0.05) is 0 Å². The fraction of sp³-hybridized carbons (Fsp3) is 0.417. The number of ether oxygens (including phenoxy) is 1. The zero-order valence-electron chi connectivity index (χ0n) is 10.0. The van der Waals surface area contributed by atoms with E-state index in [0.717, 1.165) is 13.0 Å². The molecule has 2 N–H and O–H groups in total. The highest BCUT2D eigenvalue weighted by atomic mass is 19.1. The maximum Gasteiger partial charge on any atom is 0.224 e. The zero-order chi connectivity index (χ0) is 12.7. The summed E-state index contributed by atoms with van der Waals surface area (Å²) < 4.78 is 18.1. The number of hydrogen-bond acceptors (Lipinski definition) is 3. The molecule has 0 saturated carbocycles. The van der Waals surface area contributed by atoms with E-state index in [0.29, 0.717) is 17.9 Å². The molecular weight excluding hydrogens is 223 g/mol. The lowest BCUT2D eigenvalue weighted by atomic mass is 10.2.